The molecule has 0 aromatic heterocycles. The molecule has 0 aliphatic heterocycles. The van der Waals surface area contributed by atoms with Crippen LogP contribution >= 0.6 is 0 Å². The second kappa shape index (κ2) is 12.2. The number of nitrogens with two attached hydrogens (primary N) is 1. The molecule has 0 aliphatic rings. The van der Waals surface area contributed by atoms with Gasteiger partial charge in [-0.3, -0.25) is 0 Å². The fourth-order valence-electron chi connectivity index (χ4n) is 2.46. The summed E-state index contributed by atoms with van der Waals surface area (Å²) >= 11 is 0. The highest BCUT2D eigenvalue weighted by Crippen LogP contribution is 2.16. The normalized spacial score (nSPS) is 11.6. The molecule has 0 amide bonds. The topological polar surface area (TPSA) is 55.1 Å². The Morgan fingerprint density at radius 1 is 1.23 bits per heavy atom. The lowest BCUT2D eigenvalue weighted by atomic mass is 10.0. The van der Waals surface area contributed by atoms with Gasteiger partial charge < -0.3 is 15.8 Å². The number of rotatable bonds is 8. The van der Waals surface area contributed by atoms with E-state index in [2.05, 4.69) is 44.3 Å². The number of anilines is 1. The molecule has 0 radical (unpaired) electrons. The molecule has 0 bridgehead atoms. The number of hydrogen-bond acceptors (Lipinski definition) is 3. The number of carbonyl (C=O) groups is 1. The van der Waals surface area contributed by atoms with Crippen LogP contribution in [0.15, 0.2) is 18.2 Å². The Morgan fingerprint density at radius 2 is 1.82 bits per heavy atom. The highest BCUT2D eigenvalue weighted by molar-refractivity contribution is 5.53. The van der Waals surface area contributed by atoms with Crippen molar-refractivity contribution in [3.8, 4) is 0 Å². The summed E-state index contributed by atoms with van der Waals surface area (Å²) in [7, 11) is 1.94. The highest BCUT2D eigenvalue weighted by atomic mass is 16.1. The molecule has 22 heavy (non-hydrogen) atoms. The molecule has 0 heterocycles. The third-order valence-electron chi connectivity index (χ3n) is 3.64. The Hall–Kier alpha value is -1.35. The standard InChI is InChI=1S/C11H18N2.C8H16O/c1-8-4-5-10(6-9(2)12)7-11(8)13-3;1-3-5-8(7-9)6-4-2/h4-5,7,9,13H,6,12H2,1-3H3;7-8H,3-6H2,1-2H3. The van der Waals surface area contributed by atoms with E-state index in [9.17, 15) is 4.79 Å². The Labute approximate surface area is 136 Å². The van der Waals surface area contributed by atoms with Gasteiger partial charge in [-0.1, -0.05) is 38.8 Å². The van der Waals surface area contributed by atoms with E-state index in [0.29, 0.717) is 5.92 Å². The summed E-state index contributed by atoms with van der Waals surface area (Å²) in [6.07, 6.45) is 6.42. The number of aryl methyl sites for hydroxylation is 1. The number of carbonyl (C=O) groups excluding carboxylic acids is 1. The second-order valence-corrected chi connectivity index (χ2v) is 6.05. The Balaban J connectivity index is 0.000000433. The van der Waals surface area contributed by atoms with Gasteiger partial charge in [-0.05, 0) is 50.3 Å². The molecule has 0 fully saturated rings. The average Bonchev–Trinajstić information content (AvgIpc) is 2.49. The van der Waals surface area contributed by atoms with Crippen LogP contribution in [0, 0.1) is 12.8 Å². The van der Waals surface area contributed by atoms with E-state index in [0.717, 1.165) is 38.4 Å². The zero-order valence-electron chi connectivity index (χ0n) is 15.0. The number of hydrogen-bond donors (Lipinski definition) is 2. The van der Waals surface area contributed by atoms with E-state index in [1.807, 2.05) is 14.0 Å². The van der Waals surface area contributed by atoms with Gasteiger partial charge in [0.15, 0.2) is 0 Å². The van der Waals surface area contributed by atoms with Crippen LogP contribution in [0.4, 0.5) is 5.69 Å². The van der Waals surface area contributed by atoms with Crippen molar-refractivity contribution in [3.05, 3.63) is 29.3 Å². The zero-order chi connectivity index (χ0) is 17.0. The predicted molar refractivity (Wildman–Crippen MR) is 97.4 cm³/mol. The Bertz CT molecular complexity index is 410. The molecule has 3 heteroatoms. The molecule has 0 saturated carbocycles. The fourth-order valence-corrected chi connectivity index (χ4v) is 2.46. The molecule has 126 valence electrons. The molecular formula is C19H34N2O. The average molecular weight is 306 g/mol. The minimum atomic E-state index is 0.229. The van der Waals surface area contributed by atoms with Crippen LogP contribution < -0.4 is 11.1 Å². The lowest BCUT2D eigenvalue weighted by Gasteiger charge is -2.09. The van der Waals surface area contributed by atoms with Gasteiger partial charge in [-0.25, -0.2) is 0 Å². The predicted octanol–water partition coefficient (Wildman–Crippen LogP) is 4.33. The van der Waals surface area contributed by atoms with Crippen molar-refractivity contribution in [2.24, 2.45) is 11.7 Å². The summed E-state index contributed by atoms with van der Waals surface area (Å²) in [6.45, 7) is 8.36. The molecule has 0 saturated heterocycles. The van der Waals surface area contributed by atoms with Crippen molar-refractivity contribution in [1.82, 2.24) is 0 Å². The van der Waals surface area contributed by atoms with E-state index < -0.39 is 0 Å². The number of nitrogens with one attached hydrogen (secondary N) is 1. The maximum atomic E-state index is 10.3. The van der Waals surface area contributed by atoms with Gasteiger partial charge in [0.1, 0.15) is 6.29 Å². The molecule has 1 aromatic carbocycles. The van der Waals surface area contributed by atoms with E-state index in [1.165, 1.54) is 16.8 Å². The minimum Gasteiger partial charge on any atom is -0.388 e. The molecular weight excluding hydrogens is 272 g/mol. The van der Waals surface area contributed by atoms with E-state index >= 15 is 0 Å². The van der Waals surface area contributed by atoms with Crippen LogP contribution in [-0.2, 0) is 11.2 Å². The minimum absolute atomic E-state index is 0.229. The van der Waals surface area contributed by atoms with Crippen LogP contribution in [0.5, 0.6) is 0 Å². The highest BCUT2D eigenvalue weighted by Gasteiger charge is 2.02. The largest absolute Gasteiger partial charge is 0.388 e. The van der Waals surface area contributed by atoms with Crippen molar-refractivity contribution in [2.75, 3.05) is 12.4 Å². The van der Waals surface area contributed by atoms with Crippen LogP contribution in [-0.4, -0.2) is 19.4 Å². The van der Waals surface area contributed by atoms with Crippen LogP contribution in [0.3, 0.4) is 0 Å². The summed E-state index contributed by atoms with van der Waals surface area (Å²) in [5.41, 5.74) is 9.50. The first-order valence-electron chi connectivity index (χ1n) is 8.46. The zero-order valence-corrected chi connectivity index (χ0v) is 15.0. The van der Waals surface area contributed by atoms with Gasteiger partial charge >= 0.3 is 0 Å². The molecule has 0 aliphatic carbocycles. The number of aldehydes is 1. The second-order valence-electron chi connectivity index (χ2n) is 6.05. The molecule has 1 unspecified atom stereocenters. The molecule has 0 spiro atoms. The van der Waals surface area contributed by atoms with E-state index in [4.69, 9.17) is 5.73 Å². The monoisotopic (exact) mass is 306 g/mol. The van der Waals surface area contributed by atoms with Crippen molar-refractivity contribution in [1.29, 1.82) is 0 Å². The Morgan fingerprint density at radius 3 is 2.23 bits per heavy atom. The van der Waals surface area contributed by atoms with Crippen LogP contribution in [0.1, 0.15) is 57.6 Å². The van der Waals surface area contributed by atoms with E-state index in [1.54, 1.807) is 0 Å². The number of benzene rings is 1. The van der Waals surface area contributed by atoms with Gasteiger partial charge in [0, 0.05) is 24.7 Å². The molecule has 3 N–H and O–H groups in total. The van der Waals surface area contributed by atoms with Gasteiger partial charge in [0.25, 0.3) is 0 Å². The third kappa shape index (κ3) is 8.83. The van der Waals surface area contributed by atoms with Crippen LogP contribution in [0.25, 0.3) is 0 Å². The maximum Gasteiger partial charge on any atom is 0.123 e. The molecule has 1 rings (SSSR count). The summed E-state index contributed by atoms with van der Waals surface area (Å²) in [6, 6.07) is 6.66. The SMILES string of the molecule is CCCC(C=O)CCC.CNc1cc(CC(C)N)ccc1C. The fraction of sp³-hybridized carbons (Fsp3) is 0.632. The summed E-state index contributed by atoms with van der Waals surface area (Å²) in [4.78, 5) is 10.3. The van der Waals surface area contributed by atoms with Crippen molar-refractivity contribution in [3.63, 3.8) is 0 Å². The molecule has 3 nitrogen and oxygen atoms in total. The lowest BCUT2D eigenvalue weighted by molar-refractivity contribution is -0.111. The summed E-state index contributed by atoms with van der Waals surface area (Å²) in [5.74, 6) is 0.333. The first-order valence-corrected chi connectivity index (χ1v) is 8.46. The third-order valence-corrected chi connectivity index (χ3v) is 3.64. The van der Waals surface area contributed by atoms with Gasteiger partial charge in [-0.15, -0.1) is 0 Å². The van der Waals surface area contributed by atoms with Crippen molar-refractivity contribution >= 4 is 12.0 Å². The van der Waals surface area contributed by atoms with Crippen molar-refractivity contribution < 1.29 is 4.79 Å². The van der Waals surface area contributed by atoms with E-state index in [-0.39, 0.29) is 6.04 Å². The smallest absolute Gasteiger partial charge is 0.123 e. The molecule has 1 aromatic rings. The van der Waals surface area contributed by atoms with Crippen LogP contribution in [0.2, 0.25) is 0 Å². The first kappa shape index (κ1) is 20.6. The first-order chi connectivity index (χ1) is 10.5. The summed E-state index contributed by atoms with van der Waals surface area (Å²) < 4.78 is 0. The molecule has 1 atom stereocenters. The van der Waals surface area contributed by atoms with Gasteiger partial charge in [0.05, 0.1) is 0 Å². The summed E-state index contributed by atoms with van der Waals surface area (Å²) in [5, 5.41) is 3.17. The van der Waals surface area contributed by atoms with Gasteiger partial charge in [-0.2, -0.15) is 0 Å². The Kier molecular flexibility index (Phi) is 11.5. The quantitative estimate of drug-likeness (QED) is 0.703. The maximum absolute atomic E-state index is 10.3. The van der Waals surface area contributed by atoms with Gasteiger partial charge in [0.2, 0.25) is 0 Å². The lowest BCUT2D eigenvalue weighted by Crippen LogP contribution is -2.17. The van der Waals surface area contributed by atoms with Crippen molar-refractivity contribution in [2.45, 2.75) is 65.8 Å².